The van der Waals surface area contributed by atoms with Crippen LogP contribution in [0.4, 0.5) is 0 Å². The zero-order chi connectivity index (χ0) is 13.7. The molecule has 3 nitrogen and oxygen atoms in total. The van der Waals surface area contributed by atoms with E-state index in [1.807, 2.05) is 49.4 Å². The SMILES string of the molecule is C[C@@H](N)c1ccccc1OCc1cccc(C#N)c1. The van der Waals surface area contributed by atoms with E-state index in [1.54, 1.807) is 6.07 Å². The second-order valence-electron chi connectivity index (χ2n) is 4.43. The van der Waals surface area contributed by atoms with Crippen LogP contribution in [0.3, 0.4) is 0 Å². The fraction of sp³-hybridized carbons (Fsp3) is 0.188. The van der Waals surface area contributed by atoms with E-state index in [-0.39, 0.29) is 6.04 Å². The number of rotatable bonds is 4. The Balaban J connectivity index is 2.12. The highest BCUT2D eigenvalue weighted by molar-refractivity contribution is 5.36. The second kappa shape index (κ2) is 6.03. The van der Waals surface area contributed by atoms with Gasteiger partial charge in [0.1, 0.15) is 12.4 Å². The molecule has 0 aliphatic heterocycles. The summed E-state index contributed by atoms with van der Waals surface area (Å²) in [7, 11) is 0. The molecule has 2 rings (SSSR count). The molecular weight excluding hydrogens is 236 g/mol. The van der Waals surface area contributed by atoms with Crippen LogP contribution in [0.25, 0.3) is 0 Å². The van der Waals surface area contributed by atoms with Crippen LogP contribution in [0, 0.1) is 11.3 Å². The number of nitrogens with two attached hydrogens (primary N) is 1. The third kappa shape index (κ3) is 3.34. The van der Waals surface area contributed by atoms with E-state index in [9.17, 15) is 0 Å². The molecule has 0 spiro atoms. The molecule has 0 bridgehead atoms. The molecule has 0 aliphatic carbocycles. The summed E-state index contributed by atoms with van der Waals surface area (Å²) in [6, 6.07) is 17.2. The number of hydrogen-bond acceptors (Lipinski definition) is 3. The van der Waals surface area contributed by atoms with E-state index in [2.05, 4.69) is 6.07 Å². The minimum Gasteiger partial charge on any atom is -0.489 e. The van der Waals surface area contributed by atoms with Crippen LogP contribution in [0.5, 0.6) is 5.75 Å². The fourth-order valence-electron chi connectivity index (χ4n) is 1.88. The molecule has 2 aromatic carbocycles. The summed E-state index contributed by atoms with van der Waals surface area (Å²) in [6.45, 7) is 2.36. The van der Waals surface area contributed by atoms with Crippen LogP contribution in [0.15, 0.2) is 48.5 Å². The van der Waals surface area contributed by atoms with Gasteiger partial charge in [0.25, 0.3) is 0 Å². The summed E-state index contributed by atoms with van der Waals surface area (Å²) >= 11 is 0. The van der Waals surface area contributed by atoms with Crippen LogP contribution in [0.2, 0.25) is 0 Å². The van der Waals surface area contributed by atoms with Crippen LogP contribution in [-0.4, -0.2) is 0 Å². The highest BCUT2D eigenvalue weighted by atomic mass is 16.5. The van der Waals surface area contributed by atoms with Gasteiger partial charge in [0.15, 0.2) is 0 Å². The van der Waals surface area contributed by atoms with Gasteiger partial charge in [-0.25, -0.2) is 0 Å². The zero-order valence-corrected chi connectivity index (χ0v) is 10.8. The lowest BCUT2D eigenvalue weighted by molar-refractivity contribution is 0.301. The molecule has 0 saturated heterocycles. The third-order valence-corrected chi connectivity index (χ3v) is 2.86. The molecule has 1 atom stereocenters. The van der Waals surface area contributed by atoms with Gasteiger partial charge in [-0.3, -0.25) is 0 Å². The van der Waals surface area contributed by atoms with Crippen molar-refractivity contribution in [1.29, 1.82) is 5.26 Å². The minimum absolute atomic E-state index is 0.0679. The van der Waals surface area contributed by atoms with Gasteiger partial charge >= 0.3 is 0 Å². The molecule has 0 heterocycles. The maximum Gasteiger partial charge on any atom is 0.124 e. The predicted octanol–water partition coefficient (Wildman–Crippen LogP) is 3.16. The topological polar surface area (TPSA) is 59.0 Å². The van der Waals surface area contributed by atoms with E-state index in [1.165, 1.54) is 0 Å². The summed E-state index contributed by atoms with van der Waals surface area (Å²) in [4.78, 5) is 0. The highest BCUT2D eigenvalue weighted by Gasteiger charge is 2.07. The number of para-hydroxylation sites is 1. The Morgan fingerprint density at radius 3 is 2.74 bits per heavy atom. The summed E-state index contributed by atoms with van der Waals surface area (Å²) in [5.74, 6) is 0.792. The number of hydrogen-bond donors (Lipinski definition) is 1. The molecule has 0 radical (unpaired) electrons. The van der Waals surface area contributed by atoms with Crippen LogP contribution in [-0.2, 0) is 6.61 Å². The molecule has 96 valence electrons. The highest BCUT2D eigenvalue weighted by Crippen LogP contribution is 2.24. The first-order valence-corrected chi connectivity index (χ1v) is 6.17. The molecule has 2 N–H and O–H groups in total. The minimum atomic E-state index is -0.0679. The first kappa shape index (κ1) is 13.1. The molecule has 0 amide bonds. The van der Waals surface area contributed by atoms with Gasteiger partial charge in [-0.05, 0) is 30.7 Å². The van der Waals surface area contributed by atoms with Crippen molar-refractivity contribution in [2.45, 2.75) is 19.6 Å². The average Bonchev–Trinajstić information content (AvgIpc) is 2.45. The summed E-state index contributed by atoms with van der Waals surface area (Å²) < 4.78 is 5.79. The lowest BCUT2D eigenvalue weighted by Crippen LogP contribution is -2.08. The van der Waals surface area contributed by atoms with Crippen molar-refractivity contribution in [3.8, 4) is 11.8 Å². The summed E-state index contributed by atoms with van der Waals surface area (Å²) in [5, 5.41) is 8.86. The smallest absolute Gasteiger partial charge is 0.124 e. The first-order valence-electron chi connectivity index (χ1n) is 6.17. The van der Waals surface area contributed by atoms with E-state index in [0.29, 0.717) is 12.2 Å². The average molecular weight is 252 g/mol. The van der Waals surface area contributed by atoms with Crippen LogP contribution < -0.4 is 10.5 Å². The summed E-state index contributed by atoms with van der Waals surface area (Å²) in [6.07, 6.45) is 0. The number of benzene rings is 2. The van der Waals surface area contributed by atoms with E-state index in [0.717, 1.165) is 16.9 Å². The van der Waals surface area contributed by atoms with Crippen molar-refractivity contribution >= 4 is 0 Å². The van der Waals surface area contributed by atoms with E-state index >= 15 is 0 Å². The van der Waals surface area contributed by atoms with E-state index < -0.39 is 0 Å². The van der Waals surface area contributed by atoms with E-state index in [4.69, 9.17) is 15.7 Å². The molecule has 3 heteroatoms. The molecule has 0 saturated carbocycles. The maximum absolute atomic E-state index is 8.86. The lowest BCUT2D eigenvalue weighted by Gasteiger charge is -2.13. The second-order valence-corrected chi connectivity index (χ2v) is 4.43. The molecule has 0 fully saturated rings. The van der Waals surface area contributed by atoms with Crippen LogP contribution >= 0.6 is 0 Å². The Morgan fingerprint density at radius 1 is 1.21 bits per heavy atom. The van der Waals surface area contributed by atoms with Gasteiger partial charge < -0.3 is 10.5 Å². The van der Waals surface area contributed by atoms with Crippen molar-refractivity contribution in [1.82, 2.24) is 0 Å². The fourth-order valence-corrected chi connectivity index (χ4v) is 1.88. The van der Waals surface area contributed by atoms with Crippen LogP contribution in [0.1, 0.15) is 29.7 Å². The number of nitriles is 1. The van der Waals surface area contributed by atoms with Gasteiger partial charge in [0.2, 0.25) is 0 Å². The zero-order valence-electron chi connectivity index (χ0n) is 10.8. The van der Waals surface area contributed by atoms with Crippen molar-refractivity contribution in [3.63, 3.8) is 0 Å². The Bertz CT molecular complexity index is 600. The lowest BCUT2D eigenvalue weighted by atomic mass is 10.1. The molecular formula is C16H16N2O. The quantitative estimate of drug-likeness (QED) is 0.909. The number of nitrogens with zero attached hydrogens (tertiary/aromatic N) is 1. The van der Waals surface area contributed by atoms with Crippen molar-refractivity contribution in [2.75, 3.05) is 0 Å². The number of ether oxygens (including phenoxy) is 1. The Hall–Kier alpha value is -2.31. The van der Waals surface area contributed by atoms with Gasteiger partial charge in [-0.15, -0.1) is 0 Å². The van der Waals surface area contributed by atoms with Gasteiger partial charge in [-0.1, -0.05) is 30.3 Å². The standard InChI is InChI=1S/C16H16N2O/c1-12(18)15-7-2-3-8-16(15)19-11-14-6-4-5-13(9-14)10-17/h2-9,12H,11,18H2,1H3/t12-/m1/s1. The van der Waals surface area contributed by atoms with Gasteiger partial charge in [0.05, 0.1) is 11.6 Å². The monoisotopic (exact) mass is 252 g/mol. The molecule has 0 aliphatic rings. The Morgan fingerprint density at radius 2 is 2.00 bits per heavy atom. The maximum atomic E-state index is 8.86. The van der Waals surface area contributed by atoms with Gasteiger partial charge in [0, 0.05) is 11.6 Å². The normalized spacial score (nSPS) is 11.6. The van der Waals surface area contributed by atoms with Crippen molar-refractivity contribution < 1.29 is 4.74 Å². The molecule has 19 heavy (non-hydrogen) atoms. The van der Waals surface area contributed by atoms with Gasteiger partial charge in [-0.2, -0.15) is 5.26 Å². The largest absolute Gasteiger partial charge is 0.489 e. The third-order valence-electron chi connectivity index (χ3n) is 2.86. The predicted molar refractivity (Wildman–Crippen MR) is 74.5 cm³/mol. The van der Waals surface area contributed by atoms with Crippen molar-refractivity contribution in [2.24, 2.45) is 5.73 Å². The first-order chi connectivity index (χ1) is 9.20. The molecule has 0 unspecified atom stereocenters. The molecule has 2 aromatic rings. The summed E-state index contributed by atoms with van der Waals surface area (Å²) in [5.41, 5.74) is 8.50. The van der Waals surface area contributed by atoms with Crippen molar-refractivity contribution in [3.05, 3.63) is 65.2 Å². The Kier molecular flexibility index (Phi) is 4.17. The molecule has 0 aromatic heterocycles. The Labute approximate surface area is 113 Å².